The smallest absolute Gasteiger partial charge is 0.273 e. The molecule has 0 atom stereocenters. The van der Waals surface area contributed by atoms with E-state index >= 15 is 0 Å². The fraction of sp³-hybridized carbons (Fsp3) is 0.182. The number of hydrogen-bond acceptors (Lipinski definition) is 4. The molecule has 0 radical (unpaired) electrons. The third-order valence-corrected chi connectivity index (χ3v) is 5.02. The van der Waals surface area contributed by atoms with Crippen molar-refractivity contribution in [2.75, 3.05) is 5.32 Å². The second-order valence-corrected chi connectivity index (χ2v) is 7.22. The molecule has 4 aromatic rings. The zero-order chi connectivity index (χ0) is 21.4. The topological polar surface area (TPSA) is 102 Å². The maximum absolute atomic E-state index is 12.6. The van der Waals surface area contributed by atoms with E-state index in [2.05, 4.69) is 15.5 Å². The normalized spacial score (nSPS) is 11.0. The first-order valence-corrected chi connectivity index (χ1v) is 9.50. The molecular formula is C22H21N5O3. The van der Waals surface area contributed by atoms with E-state index < -0.39 is 17.0 Å². The predicted octanol–water partition coefficient (Wildman–Crippen LogP) is 2.44. The Morgan fingerprint density at radius 3 is 2.37 bits per heavy atom. The summed E-state index contributed by atoms with van der Waals surface area (Å²) in [6, 6.07) is 14.4. The number of aromatic nitrogens is 4. The van der Waals surface area contributed by atoms with Gasteiger partial charge in [-0.1, -0.05) is 29.8 Å². The Bertz CT molecular complexity index is 1380. The number of amides is 1. The van der Waals surface area contributed by atoms with Gasteiger partial charge in [0, 0.05) is 0 Å². The molecule has 0 spiro atoms. The van der Waals surface area contributed by atoms with E-state index in [0.717, 1.165) is 21.6 Å². The number of hydrogen-bond donors (Lipinski definition) is 2. The van der Waals surface area contributed by atoms with Crippen LogP contribution in [0.4, 0.5) is 5.69 Å². The highest BCUT2D eigenvalue weighted by molar-refractivity contribution is 5.92. The number of aryl methyl sites for hydroxylation is 2. The van der Waals surface area contributed by atoms with Crippen molar-refractivity contribution in [3.63, 3.8) is 0 Å². The lowest BCUT2D eigenvalue weighted by atomic mass is 10.2. The molecule has 152 valence electrons. The van der Waals surface area contributed by atoms with Crippen LogP contribution in [0, 0.1) is 20.8 Å². The van der Waals surface area contributed by atoms with Crippen LogP contribution in [0.3, 0.4) is 0 Å². The molecule has 0 bridgehead atoms. The molecule has 0 saturated carbocycles. The van der Waals surface area contributed by atoms with E-state index in [0.29, 0.717) is 16.8 Å². The average molecular weight is 403 g/mol. The number of carbonyl (C=O) groups excluding carboxylic acids is 1. The largest absolute Gasteiger partial charge is 0.321 e. The van der Waals surface area contributed by atoms with E-state index in [1.165, 1.54) is 0 Å². The minimum atomic E-state index is -0.433. The maximum atomic E-state index is 12.6. The number of nitrogens with one attached hydrogen (secondary N) is 2. The van der Waals surface area contributed by atoms with Crippen LogP contribution in [-0.4, -0.2) is 25.5 Å². The van der Waals surface area contributed by atoms with Crippen molar-refractivity contribution >= 4 is 22.4 Å². The zero-order valence-electron chi connectivity index (χ0n) is 16.9. The summed E-state index contributed by atoms with van der Waals surface area (Å²) >= 11 is 0. The Morgan fingerprint density at radius 2 is 1.67 bits per heavy atom. The molecule has 4 rings (SSSR count). The van der Waals surface area contributed by atoms with E-state index in [1.54, 1.807) is 35.9 Å². The van der Waals surface area contributed by atoms with Gasteiger partial charge in [-0.25, -0.2) is 9.36 Å². The molecule has 0 aliphatic carbocycles. The maximum Gasteiger partial charge on any atom is 0.273 e. The van der Waals surface area contributed by atoms with Gasteiger partial charge in [0.1, 0.15) is 6.54 Å². The fourth-order valence-electron chi connectivity index (χ4n) is 3.44. The molecule has 0 saturated heterocycles. The van der Waals surface area contributed by atoms with Crippen molar-refractivity contribution in [1.82, 2.24) is 19.6 Å². The highest BCUT2D eigenvalue weighted by Crippen LogP contribution is 2.23. The summed E-state index contributed by atoms with van der Waals surface area (Å²) in [5.74, 6) is -0.433. The quantitative estimate of drug-likeness (QED) is 0.546. The summed E-state index contributed by atoms with van der Waals surface area (Å²) in [5.41, 5.74) is 3.18. The number of H-pyrrole nitrogens is 1. The lowest BCUT2D eigenvalue weighted by molar-refractivity contribution is -0.117. The Kier molecular flexibility index (Phi) is 4.83. The van der Waals surface area contributed by atoms with E-state index in [1.807, 2.05) is 38.1 Å². The van der Waals surface area contributed by atoms with Gasteiger partial charge < -0.3 is 5.32 Å². The SMILES string of the molecule is Cc1ccc(-n2nc(C)c(NC(=O)Cn3[nH]c(=O)c4ccccc4c3=O)c2C)cc1. The average Bonchev–Trinajstić information content (AvgIpc) is 3.00. The van der Waals surface area contributed by atoms with Crippen LogP contribution in [0.1, 0.15) is 17.0 Å². The summed E-state index contributed by atoms with van der Waals surface area (Å²) in [6.45, 7) is 5.36. The first-order chi connectivity index (χ1) is 14.3. The van der Waals surface area contributed by atoms with Crippen molar-refractivity contribution in [2.45, 2.75) is 27.3 Å². The van der Waals surface area contributed by atoms with Crippen LogP contribution in [0.15, 0.2) is 58.1 Å². The Balaban J connectivity index is 1.62. The first kappa shape index (κ1) is 19.4. The summed E-state index contributed by atoms with van der Waals surface area (Å²) in [5, 5.41) is 10.4. The summed E-state index contributed by atoms with van der Waals surface area (Å²) in [4.78, 5) is 37.5. The monoisotopic (exact) mass is 403 g/mol. The molecule has 2 aromatic heterocycles. The van der Waals surface area contributed by atoms with Crippen molar-refractivity contribution in [2.24, 2.45) is 0 Å². The van der Waals surface area contributed by atoms with Crippen molar-refractivity contribution in [3.05, 3.63) is 86.2 Å². The highest BCUT2D eigenvalue weighted by atomic mass is 16.2. The number of rotatable bonds is 4. The Morgan fingerprint density at radius 1 is 1.00 bits per heavy atom. The minimum Gasteiger partial charge on any atom is -0.321 e. The van der Waals surface area contributed by atoms with Crippen molar-refractivity contribution < 1.29 is 4.79 Å². The van der Waals surface area contributed by atoms with Gasteiger partial charge in [0.05, 0.1) is 33.5 Å². The molecule has 2 aromatic carbocycles. The number of fused-ring (bicyclic) bond motifs is 1. The molecule has 8 nitrogen and oxygen atoms in total. The van der Waals surface area contributed by atoms with Gasteiger partial charge >= 0.3 is 0 Å². The molecule has 8 heteroatoms. The van der Waals surface area contributed by atoms with Gasteiger partial charge in [-0.05, 0) is 45.0 Å². The Hall–Kier alpha value is -3.94. The lowest BCUT2D eigenvalue weighted by Crippen LogP contribution is -2.34. The van der Waals surface area contributed by atoms with Crippen molar-refractivity contribution in [3.8, 4) is 5.69 Å². The number of anilines is 1. The van der Waals surface area contributed by atoms with E-state index in [9.17, 15) is 14.4 Å². The summed E-state index contributed by atoms with van der Waals surface area (Å²) in [7, 11) is 0. The van der Waals surface area contributed by atoms with Crippen LogP contribution >= 0.6 is 0 Å². The number of carbonyl (C=O) groups is 1. The lowest BCUT2D eigenvalue weighted by Gasteiger charge is -2.09. The van der Waals surface area contributed by atoms with Gasteiger partial charge in [0.15, 0.2) is 0 Å². The zero-order valence-corrected chi connectivity index (χ0v) is 16.9. The number of nitrogens with zero attached hydrogens (tertiary/aromatic N) is 3. The molecule has 2 heterocycles. The molecule has 30 heavy (non-hydrogen) atoms. The fourth-order valence-corrected chi connectivity index (χ4v) is 3.44. The van der Waals surface area contributed by atoms with Gasteiger partial charge in [0.25, 0.3) is 11.1 Å². The number of aromatic amines is 1. The standard InChI is InChI=1S/C22H21N5O3/c1-13-8-10-16(11-9-13)27-15(3)20(14(2)24-27)23-19(28)12-26-22(30)18-7-5-4-6-17(18)21(29)25-26/h4-11H,12H2,1-3H3,(H,23,28)(H,25,29). The van der Waals surface area contributed by atoms with Gasteiger partial charge in [-0.3, -0.25) is 19.5 Å². The molecular weight excluding hydrogens is 382 g/mol. The van der Waals surface area contributed by atoms with Crippen LogP contribution in [0.2, 0.25) is 0 Å². The molecule has 1 amide bonds. The highest BCUT2D eigenvalue weighted by Gasteiger charge is 2.16. The predicted molar refractivity (Wildman–Crippen MR) is 115 cm³/mol. The van der Waals surface area contributed by atoms with Gasteiger partial charge in [0.2, 0.25) is 5.91 Å². The molecule has 0 aliphatic rings. The minimum absolute atomic E-state index is 0.272. The van der Waals surface area contributed by atoms with E-state index in [-0.39, 0.29) is 11.9 Å². The Labute approximate surface area is 171 Å². The van der Waals surface area contributed by atoms with Gasteiger partial charge in [-0.2, -0.15) is 5.10 Å². The third-order valence-electron chi connectivity index (χ3n) is 5.02. The molecule has 0 fully saturated rings. The summed E-state index contributed by atoms with van der Waals surface area (Å²) in [6.07, 6.45) is 0. The van der Waals surface area contributed by atoms with E-state index in [4.69, 9.17) is 0 Å². The summed E-state index contributed by atoms with van der Waals surface area (Å²) < 4.78 is 2.78. The van der Waals surface area contributed by atoms with Gasteiger partial charge in [-0.15, -0.1) is 0 Å². The first-order valence-electron chi connectivity index (χ1n) is 9.50. The van der Waals surface area contributed by atoms with Crippen LogP contribution in [-0.2, 0) is 11.3 Å². The molecule has 0 aliphatic heterocycles. The second kappa shape index (κ2) is 7.47. The van der Waals surface area contributed by atoms with Crippen molar-refractivity contribution in [1.29, 1.82) is 0 Å². The van der Waals surface area contributed by atoms with Crippen LogP contribution < -0.4 is 16.4 Å². The van der Waals surface area contributed by atoms with Crippen LogP contribution in [0.25, 0.3) is 16.5 Å². The second-order valence-electron chi connectivity index (χ2n) is 7.22. The molecule has 2 N–H and O–H groups in total. The number of benzene rings is 2. The van der Waals surface area contributed by atoms with Crippen LogP contribution in [0.5, 0.6) is 0 Å². The third kappa shape index (κ3) is 3.43. The molecule has 0 unspecified atom stereocenters.